The molecular formula is C18H16N4O4. The van der Waals surface area contributed by atoms with Crippen LogP contribution in [0.25, 0.3) is 16.9 Å². The van der Waals surface area contributed by atoms with Crippen molar-refractivity contribution < 1.29 is 19.4 Å². The van der Waals surface area contributed by atoms with Crippen molar-refractivity contribution in [3.63, 3.8) is 0 Å². The lowest BCUT2D eigenvalue weighted by Gasteiger charge is -2.26. The summed E-state index contributed by atoms with van der Waals surface area (Å²) in [6.45, 7) is 2.17. The van der Waals surface area contributed by atoms with Gasteiger partial charge in [0.1, 0.15) is 11.2 Å². The Kier molecular flexibility index (Phi) is 4.10. The third-order valence-corrected chi connectivity index (χ3v) is 4.30. The van der Waals surface area contributed by atoms with Crippen LogP contribution in [-0.2, 0) is 4.74 Å². The lowest BCUT2D eigenvalue weighted by molar-refractivity contribution is 0.0299. The molecule has 1 aliphatic heterocycles. The first kappa shape index (κ1) is 16.2. The Morgan fingerprint density at radius 3 is 2.50 bits per heavy atom. The van der Waals surface area contributed by atoms with Crippen molar-refractivity contribution in [1.29, 1.82) is 0 Å². The molecule has 3 aromatic rings. The third-order valence-electron chi connectivity index (χ3n) is 4.30. The number of rotatable bonds is 3. The number of morpholine rings is 1. The first-order chi connectivity index (χ1) is 12.6. The fourth-order valence-electron chi connectivity index (χ4n) is 2.91. The van der Waals surface area contributed by atoms with Crippen LogP contribution in [0, 0.1) is 0 Å². The second kappa shape index (κ2) is 6.57. The van der Waals surface area contributed by atoms with Crippen LogP contribution in [0.15, 0.2) is 42.7 Å². The molecule has 4 rings (SSSR count). The molecule has 0 aliphatic carbocycles. The van der Waals surface area contributed by atoms with Crippen molar-refractivity contribution in [3.8, 4) is 5.69 Å². The third kappa shape index (κ3) is 2.91. The van der Waals surface area contributed by atoms with Gasteiger partial charge in [0.15, 0.2) is 5.65 Å². The molecule has 0 unspecified atom stereocenters. The molecule has 0 spiro atoms. The number of carbonyl (C=O) groups excluding carboxylic acids is 1. The Labute approximate surface area is 148 Å². The molecule has 0 radical (unpaired) electrons. The van der Waals surface area contributed by atoms with Crippen molar-refractivity contribution in [2.75, 3.05) is 26.3 Å². The SMILES string of the molecule is O=C(O)c1ccc(-n2ccc3nc(C(=O)N4CCOCC4)cnc32)cc1. The standard InChI is InChI=1S/C18H16N4O4/c23-17(21-7-9-26-10-8-21)15-11-19-16-14(20-15)5-6-22(16)13-3-1-12(2-4-13)18(24)25/h1-6,11H,7-10H2,(H,24,25). The summed E-state index contributed by atoms with van der Waals surface area (Å²) < 4.78 is 7.06. The monoisotopic (exact) mass is 352 g/mol. The summed E-state index contributed by atoms with van der Waals surface area (Å²) in [5, 5.41) is 9.00. The van der Waals surface area contributed by atoms with Gasteiger partial charge in [-0.05, 0) is 30.3 Å². The number of nitrogens with zero attached hydrogens (tertiary/aromatic N) is 4. The molecule has 1 N–H and O–H groups in total. The quantitative estimate of drug-likeness (QED) is 0.769. The fourth-order valence-corrected chi connectivity index (χ4v) is 2.91. The summed E-state index contributed by atoms with van der Waals surface area (Å²) in [4.78, 5) is 34.0. The number of amides is 1. The van der Waals surface area contributed by atoms with E-state index in [1.54, 1.807) is 33.9 Å². The fraction of sp³-hybridized carbons (Fsp3) is 0.222. The highest BCUT2D eigenvalue weighted by Crippen LogP contribution is 2.18. The van der Waals surface area contributed by atoms with Gasteiger partial charge in [-0.15, -0.1) is 0 Å². The summed E-state index contributed by atoms with van der Waals surface area (Å²) >= 11 is 0. The van der Waals surface area contributed by atoms with Crippen LogP contribution in [0.2, 0.25) is 0 Å². The molecule has 1 aromatic carbocycles. The molecule has 1 aliphatic rings. The second-order valence-electron chi connectivity index (χ2n) is 5.91. The lowest BCUT2D eigenvalue weighted by atomic mass is 10.2. The smallest absolute Gasteiger partial charge is 0.335 e. The molecule has 0 saturated carbocycles. The summed E-state index contributed by atoms with van der Waals surface area (Å²) in [6, 6.07) is 8.26. The summed E-state index contributed by atoms with van der Waals surface area (Å²) in [6.07, 6.45) is 3.27. The predicted octanol–water partition coefficient (Wildman–Crippen LogP) is 1.59. The summed E-state index contributed by atoms with van der Waals surface area (Å²) in [5.41, 5.74) is 2.50. The number of aromatic nitrogens is 3. The average molecular weight is 352 g/mol. The number of benzene rings is 1. The minimum absolute atomic E-state index is 0.152. The number of ether oxygens (including phenoxy) is 1. The van der Waals surface area contributed by atoms with E-state index in [2.05, 4.69) is 9.97 Å². The number of hydrogen-bond donors (Lipinski definition) is 1. The van der Waals surface area contributed by atoms with Crippen molar-refractivity contribution in [3.05, 3.63) is 54.0 Å². The summed E-state index contributed by atoms with van der Waals surface area (Å²) in [5.74, 6) is -1.12. The highest BCUT2D eigenvalue weighted by molar-refractivity contribution is 5.94. The lowest BCUT2D eigenvalue weighted by Crippen LogP contribution is -2.41. The topological polar surface area (TPSA) is 97.5 Å². The maximum atomic E-state index is 12.5. The van der Waals surface area contributed by atoms with Gasteiger partial charge in [0.25, 0.3) is 5.91 Å². The zero-order valence-corrected chi connectivity index (χ0v) is 13.8. The van der Waals surface area contributed by atoms with Gasteiger partial charge in [-0.2, -0.15) is 0 Å². The first-order valence-corrected chi connectivity index (χ1v) is 8.18. The highest BCUT2D eigenvalue weighted by Gasteiger charge is 2.20. The van der Waals surface area contributed by atoms with E-state index in [-0.39, 0.29) is 11.5 Å². The van der Waals surface area contributed by atoms with Gasteiger partial charge in [0.05, 0.1) is 25.0 Å². The van der Waals surface area contributed by atoms with Crippen molar-refractivity contribution >= 4 is 23.0 Å². The number of fused-ring (bicyclic) bond motifs is 1. The van der Waals surface area contributed by atoms with Crippen molar-refractivity contribution in [2.24, 2.45) is 0 Å². The van der Waals surface area contributed by atoms with Gasteiger partial charge >= 0.3 is 5.97 Å². The Morgan fingerprint density at radius 1 is 1.08 bits per heavy atom. The van der Waals surface area contributed by atoms with Gasteiger partial charge in [-0.1, -0.05) is 0 Å². The minimum atomic E-state index is -0.972. The van der Waals surface area contributed by atoms with E-state index < -0.39 is 5.97 Å². The van der Waals surface area contributed by atoms with E-state index >= 15 is 0 Å². The van der Waals surface area contributed by atoms with Crippen LogP contribution in [0.5, 0.6) is 0 Å². The normalized spacial score (nSPS) is 14.5. The predicted molar refractivity (Wildman–Crippen MR) is 92.5 cm³/mol. The molecule has 3 heterocycles. The van der Waals surface area contributed by atoms with E-state index in [9.17, 15) is 9.59 Å². The maximum absolute atomic E-state index is 12.5. The number of aromatic carboxylic acids is 1. The van der Waals surface area contributed by atoms with Crippen LogP contribution in [0.1, 0.15) is 20.8 Å². The zero-order valence-electron chi connectivity index (χ0n) is 13.8. The molecule has 1 amide bonds. The van der Waals surface area contributed by atoms with E-state index in [0.29, 0.717) is 43.2 Å². The van der Waals surface area contributed by atoms with Crippen molar-refractivity contribution in [1.82, 2.24) is 19.4 Å². The molecule has 132 valence electrons. The van der Waals surface area contributed by atoms with E-state index in [1.165, 1.54) is 18.3 Å². The number of carbonyl (C=O) groups is 2. The molecule has 26 heavy (non-hydrogen) atoms. The Hall–Kier alpha value is -3.26. The Morgan fingerprint density at radius 2 is 1.81 bits per heavy atom. The van der Waals surface area contributed by atoms with Crippen LogP contribution in [0.3, 0.4) is 0 Å². The van der Waals surface area contributed by atoms with Crippen LogP contribution in [0.4, 0.5) is 0 Å². The van der Waals surface area contributed by atoms with E-state index in [0.717, 1.165) is 5.69 Å². The molecule has 0 bridgehead atoms. The molecule has 2 aromatic heterocycles. The summed E-state index contributed by atoms with van der Waals surface area (Å²) in [7, 11) is 0. The highest BCUT2D eigenvalue weighted by atomic mass is 16.5. The molecular weight excluding hydrogens is 336 g/mol. The largest absolute Gasteiger partial charge is 0.478 e. The number of hydrogen-bond acceptors (Lipinski definition) is 5. The molecule has 1 saturated heterocycles. The van der Waals surface area contributed by atoms with Gasteiger partial charge < -0.3 is 14.7 Å². The molecule has 0 atom stereocenters. The first-order valence-electron chi connectivity index (χ1n) is 8.18. The van der Waals surface area contributed by atoms with Crippen LogP contribution in [-0.4, -0.2) is 62.7 Å². The molecule has 1 fully saturated rings. The van der Waals surface area contributed by atoms with Gasteiger partial charge in [-0.25, -0.2) is 14.8 Å². The van der Waals surface area contributed by atoms with Crippen LogP contribution >= 0.6 is 0 Å². The van der Waals surface area contributed by atoms with E-state index in [1.807, 2.05) is 0 Å². The van der Waals surface area contributed by atoms with Gasteiger partial charge in [-0.3, -0.25) is 9.36 Å². The molecule has 8 heteroatoms. The van der Waals surface area contributed by atoms with E-state index in [4.69, 9.17) is 9.84 Å². The second-order valence-corrected chi connectivity index (χ2v) is 5.91. The van der Waals surface area contributed by atoms with Crippen molar-refractivity contribution in [2.45, 2.75) is 0 Å². The van der Waals surface area contributed by atoms with Crippen LogP contribution < -0.4 is 0 Å². The Balaban J connectivity index is 1.65. The average Bonchev–Trinajstić information content (AvgIpc) is 3.11. The number of carboxylic acid groups (broad SMARTS) is 1. The number of carboxylic acids is 1. The van der Waals surface area contributed by atoms with Gasteiger partial charge in [0, 0.05) is 25.0 Å². The maximum Gasteiger partial charge on any atom is 0.335 e. The Bertz CT molecular complexity index is 975. The zero-order chi connectivity index (χ0) is 18.1. The molecule has 8 nitrogen and oxygen atoms in total. The minimum Gasteiger partial charge on any atom is -0.478 e. The van der Waals surface area contributed by atoms with Gasteiger partial charge in [0.2, 0.25) is 0 Å².